The van der Waals surface area contributed by atoms with E-state index in [0.29, 0.717) is 12.1 Å². The van der Waals surface area contributed by atoms with Crippen molar-refractivity contribution in [2.75, 3.05) is 5.43 Å². The number of nitrogen functional groups attached to an aromatic ring is 1. The quantitative estimate of drug-likeness (QED) is 0.579. The predicted octanol–water partition coefficient (Wildman–Crippen LogP) is 2.21. The molecule has 0 saturated carbocycles. The summed E-state index contributed by atoms with van der Waals surface area (Å²) in [7, 11) is 0. The number of carbonyl (C=O) groups excluding carboxylic acids is 1. The average Bonchev–Trinajstić information content (AvgIpc) is 2.45. The van der Waals surface area contributed by atoms with Gasteiger partial charge in [-0.15, -0.1) is 0 Å². The molecule has 0 aliphatic carbocycles. The van der Waals surface area contributed by atoms with Gasteiger partial charge >= 0.3 is 0 Å². The van der Waals surface area contributed by atoms with E-state index in [9.17, 15) is 4.79 Å². The lowest BCUT2D eigenvalue weighted by Crippen LogP contribution is -2.22. The van der Waals surface area contributed by atoms with Crippen molar-refractivity contribution >= 4 is 11.6 Å². The van der Waals surface area contributed by atoms with Crippen molar-refractivity contribution in [1.29, 1.82) is 0 Å². The van der Waals surface area contributed by atoms with Gasteiger partial charge < -0.3 is 10.7 Å². The van der Waals surface area contributed by atoms with E-state index in [2.05, 4.69) is 16.8 Å². The summed E-state index contributed by atoms with van der Waals surface area (Å²) in [5, 5.41) is 2.89. The Morgan fingerprint density at radius 2 is 1.89 bits per heavy atom. The molecular formula is C15H17N3O. The van der Waals surface area contributed by atoms with Crippen LogP contribution in [0.1, 0.15) is 21.5 Å². The molecule has 4 nitrogen and oxygen atoms in total. The highest BCUT2D eigenvalue weighted by atomic mass is 16.1. The second kappa shape index (κ2) is 6.02. The number of nitrogens with one attached hydrogen (secondary N) is 2. The monoisotopic (exact) mass is 255 g/mol. The summed E-state index contributed by atoms with van der Waals surface area (Å²) in [5.74, 6) is 5.18. The Morgan fingerprint density at radius 1 is 1.16 bits per heavy atom. The van der Waals surface area contributed by atoms with E-state index in [4.69, 9.17) is 5.84 Å². The molecule has 0 saturated heterocycles. The van der Waals surface area contributed by atoms with Gasteiger partial charge in [-0.3, -0.25) is 10.6 Å². The molecule has 0 fully saturated rings. The molecule has 0 aliphatic heterocycles. The molecule has 4 heteroatoms. The number of amides is 1. The number of aryl methyl sites for hydroxylation is 1. The highest BCUT2D eigenvalue weighted by Crippen LogP contribution is 2.08. The van der Waals surface area contributed by atoms with Gasteiger partial charge in [-0.25, -0.2) is 0 Å². The molecule has 0 atom stereocenters. The van der Waals surface area contributed by atoms with Crippen molar-refractivity contribution in [1.82, 2.24) is 5.32 Å². The zero-order chi connectivity index (χ0) is 13.7. The minimum Gasteiger partial charge on any atom is -0.348 e. The van der Waals surface area contributed by atoms with Crippen LogP contribution in [-0.4, -0.2) is 5.91 Å². The summed E-state index contributed by atoms with van der Waals surface area (Å²) in [6.07, 6.45) is 0. The van der Waals surface area contributed by atoms with E-state index in [1.165, 1.54) is 5.56 Å². The standard InChI is InChI=1S/C15H17N3O/c1-11-3-2-4-12(9-11)10-17-15(19)13-5-7-14(18-16)8-6-13/h2-9,18H,10,16H2,1H3,(H,17,19). The molecule has 2 aromatic carbocycles. The van der Waals surface area contributed by atoms with Gasteiger partial charge in [-0.05, 0) is 36.8 Å². The number of rotatable bonds is 4. The Bertz CT molecular complexity index is 564. The predicted molar refractivity (Wildman–Crippen MR) is 76.6 cm³/mol. The van der Waals surface area contributed by atoms with Crippen LogP contribution >= 0.6 is 0 Å². The van der Waals surface area contributed by atoms with Crippen molar-refractivity contribution in [3.8, 4) is 0 Å². The van der Waals surface area contributed by atoms with Crippen LogP contribution in [0.2, 0.25) is 0 Å². The summed E-state index contributed by atoms with van der Waals surface area (Å²) in [5.41, 5.74) is 6.19. The molecule has 1 amide bonds. The van der Waals surface area contributed by atoms with Gasteiger partial charge in [0.25, 0.3) is 5.91 Å². The Hall–Kier alpha value is -2.33. The Balaban J connectivity index is 1.97. The van der Waals surface area contributed by atoms with Crippen LogP contribution in [0.5, 0.6) is 0 Å². The van der Waals surface area contributed by atoms with Crippen LogP contribution in [-0.2, 0) is 6.54 Å². The third-order valence-electron chi connectivity index (χ3n) is 2.85. The number of nitrogens with two attached hydrogens (primary N) is 1. The van der Waals surface area contributed by atoms with E-state index >= 15 is 0 Å². The van der Waals surface area contributed by atoms with Gasteiger partial charge in [0, 0.05) is 17.8 Å². The molecule has 19 heavy (non-hydrogen) atoms. The summed E-state index contributed by atoms with van der Waals surface area (Å²) >= 11 is 0. The van der Waals surface area contributed by atoms with E-state index < -0.39 is 0 Å². The molecule has 0 aromatic heterocycles. The normalized spacial score (nSPS) is 10.0. The number of hydrogen-bond acceptors (Lipinski definition) is 3. The molecule has 0 spiro atoms. The van der Waals surface area contributed by atoms with Crippen molar-refractivity contribution in [2.45, 2.75) is 13.5 Å². The van der Waals surface area contributed by atoms with Crippen molar-refractivity contribution in [2.24, 2.45) is 5.84 Å². The summed E-state index contributed by atoms with van der Waals surface area (Å²) in [6.45, 7) is 2.56. The maximum Gasteiger partial charge on any atom is 0.251 e. The fourth-order valence-corrected chi connectivity index (χ4v) is 1.82. The third-order valence-corrected chi connectivity index (χ3v) is 2.85. The number of carbonyl (C=O) groups is 1. The Labute approximate surface area is 112 Å². The first-order chi connectivity index (χ1) is 9.19. The topological polar surface area (TPSA) is 67.2 Å². The van der Waals surface area contributed by atoms with Crippen LogP contribution in [0.15, 0.2) is 48.5 Å². The fourth-order valence-electron chi connectivity index (χ4n) is 1.82. The van der Waals surface area contributed by atoms with Gasteiger partial charge in [0.15, 0.2) is 0 Å². The summed E-state index contributed by atoms with van der Waals surface area (Å²) < 4.78 is 0. The van der Waals surface area contributed by atoms with Crippen molar-refractivity contribution in [3.05, 3.63) is 65.2 Å². The third kappa shape index (κ3) is 3.56. The van der Waals surface area contributed by atoms with E-state index in [-0.39, 0.29) is 5.91 Å². The van der Waals surface area contributed by atoms with Crippen LogP contribution in [0, 0.1) is 6.92 Å². The highest BCUT2D eigenvalue weighted by molar-refractivity contribution is 5.94. The van der Waals surface area contributed by atoms with Crippen molar-refractivity contribution < 1.29 is 4.79 Å². The SMILES string of the molecule is Cc1cccc(CNC(=O)c2ccc(NN)cc2)c1. The first-order valence-corrected chi connectivity index (χ1v) is 6.09. The fraction of sp³-hybridized carbons (Fsp3) is 0.133. The lowest BCUT2D eigenvalue weighted by Gasteiger charge is -2.07. The number of hydrogen-bond donors (Lipinski definition) is 3. The first kappa shape index (κ1) is 13.1. The van der Waals surface area contributed by atoms with E-state index in [1.54, 1.807) is 24.3 Å². The molecule has 0 unspecified atom stereocenters. The van der Waals surface area contributed by atoms with Crippen molar-refractivity contribution in [3.63, 3.8) is 0 Å². The average molecular weight is 255 g/mol. The van der Waals surface area contributed by atoms with Gasteiger partial charge in [0.05, 0.1) is 0 Å². The van der Waals surface area contributed by atoms with Gasteiger partial charge in [-0.2, -0.15) is 0 Å². The molecule has 4 N–H and O–H groups in total. The van der Waals surface area contributed by atoms with Crippen LogP contribution in [0.3, 0.4) is 0 Å². The maximum absolute atomic E-state index is 11.9. The molecule has 2 rings (SSSR count). The Morgan fingerprint density at radius 3 is 2.53 bits per heavy atom. The zero-order valence-electron chi connectivity index (χ0n) is 10.8. The molecule has 98 valence electrons. The second-order valence-corrected chi connectivity index (χ2v) is 4.39. The Kier molecular flexibility index (Phi) is 4.15. The molecule has 0 aliphatic rings. The molecule has 2 aromatic rings. The van der Waals surface area contributed by atoms with Gasteiger partial charge in [0.2, 0.25) is 0 Å². The van der Waals surface area contributed by atoms with E-state index in [1.807, 2.05) is 25.1 Å². The summed E-state index contributed by atoms with van der Waals surface area (Å²) in [6, 6.07) is 15.1. The lowest BCUT2D eigenvalue weighted by atomic mass is 10.1. The smallest absolute Gasteiger partial charge is 0.251 e. The number of anilines is 1. The highest BCUT2D eigenvalue weighted by Gasteiger charge is 2.04. The molecule has 0 bridgehead atoms. The van der Waals surface area contributed by atoms with Crippen LogP contribution in [0.4, 0.5) is 5.69 Å². The largest absolute Gasteiger partial charge is 0.348 e. The number of hydrazine groups is 1. The summed E-state index contributed by atoms with van der Waals surface area (Å²) in [4.78, 5) is 11.9. The first-order valence-electron chi connectivity index (χ1n) is 6.09. The maximum atomic E-state index is 11.9. The molecular weight excluding hydrogens is 238 g/mol. The number of benzene rings is 2. The van der Waals surface area contributed by atoms with Gasteiger partial charge in [0.1, 0.15) is 0 Å². The lowest BCUT2D eigenvalue weighted by molar-refractivity contribution is 0.0951. The molecule has 0 radical (unpaired) electrons. The van der Waals surface area contributed by atoms with Crippen LogP contribution in [0.25, 0.3) is 0 Å². The zero-order valence-corrected chi connectivity index (χ0v) is 10.8. The van der Waals surface area contributed by atoms with Gasteiger partial charge in [-0.1, -0.05) is 29.8 Å². The minimum atomic E-state index is -0.0925. The second-order valence-electron chi connectivity index (χ2n) is 4.39. The molecule has 0 heterocycles. The van der Waals surface area contributed by atoms with Crippen LogP contribution < -0.4 is 16.6 Å². The van der Waals surface area contributed by atoms with E-state index in [0.717, 1.165) is 11.3 Å². The minimum absolute atomic E-state index is 0.0925.